The molecule has 1 amide bonds. The third-order valence-electron chi connectivity index (χ3n) is 13.8. The number of ether oxygens (including phenoxy) is 1. The van der Waals surface area contributed by atoms with Gasteiger partial charge in [0.1, 0.15) is 0 Å². The summed E-state index contributed by atoms with van der Waals surface area (Å²) in [4.78, 5) is 12.7. The lowest BCUT2D eigenvalue weighted by Gasteiger charge is -2.64. The SMILES string of the molecule is CC[C@H]1[C@@H](O)[C@@H]2[C@H](CC[C@]3(C)[C@@H]([C@H](C)CCOC(=O)NS(=O)(=O)c4ccc5c(c4)CCCC5)CC[C@@H]23)[C@@]2(C)CC[C@@H](O)C[C@@H]12. The second-order valence-corrected chi connectivity index (χ2v) is 17.4. The minimum Gasteiger partial charge on any atom is -0.449 e. The molecule has 0 heterocycles. The van der Waals surface area contributed by atoms with Gasteiger partial charge in [-0.3, -0.25) is 0 Å². The Balaban J connectivity index is 1.07. The molecule has 4 fully saturated rings. The predicted molar refractivity (Wildman–Crippen MR) is 170 cm³/mol. The van der Waals surface area contributed by atoms with Crippen LogP contribution in [0, 0.1) is 52.3 Å². The van der Waals surface area contributed by atoms with Gasteiger partial charge in [-0.15, -0.1) is 0 Å². The normalized spacial score (nSPS) is 40.6. The van der Waals surface area contributed by atoms with Gasteiger partial charge in [0.05, 0.1) is 23.7 Å². The van der Waals surface area contributed by atoms with Crippen LogP contribution in [0.5, 0.6) is 0 Å². The van der Waals surface area contributed by atoms with Crippen LogP contribution in [0.1, 0.15) is 109 Å². The number of sulfonamides is 1. The molecule has 0 spiro atoms. The molecule has 11 atom stereocenters. The quantitative estimate of drug-likeness (QED) is 0.312. The van der Waals surface area contributed by atoms with Gasteiger partial charge >= 0.3 is 6.09 Å². The van der Waals surface area contributed by atoms with Crippen molar-refractivity contribution in [3.63, 3.8) is 0 Å². The van der Waals surface area contributed by atoms with Gasteiger partial charge in [-0.25, -0.2) is 17.9 Å². The number of aliphatic hydroxyl groups excluding tert-OH is 2. The van der Waals surface area contributed by atoms with Gasteiger partial charge in [0.2, 0.25) is 0 Å². The number of carbonyl (C=O) groups is 1. The van der Waals surface area contributed by atoms with Crippen molar-refractivity contribution >= 4 is 16.1 Å². The van der Waals surface area contributed by atoms with Gasteiger partial charge in [-0.1, -0.05) is 40.2 Å². The molecule has 5 aliphatic carbocycles. The van der Waals surface area contributed by atoms with Gasteiger partial charge in [0, 0.05) is 0 Å². The topological polar surface area (TPSA) is 113 Å². The van der Waals surface area contributed by atoms with E-state index in [9.17, 15) is 23.4 Å². The number of carbonyl (C=O) groups excluding carboxylic acids is 1. The van der Waals surface area contributed by atoms with Crippen LogP contribution in [-0.2, 0) is 27.6 Å². The van der Waals surface area contributed by atoms with Gasteiger partial charge in [-0.2, -0.15) is 0 Å². The Morgan fingerprint density at radius 3 is 2.45 bits per heavy atom. The Bertz CT molecular complexity index is 1330. The van der Waals surface area contributed by atoms with Crippen LogP contribution in [0.3, 0.4) is 0 Å². The number of hydrogen-bond acceptors (Lipinski definition) is 6. The molecule has 3 N–H and O–H groups in total. The standard InChI is InChI=1S/C36H55NO6S/c1-5-27-31-21-25(38)14-17-36(31,4)30-15-18-35(3)28(12-13-29(35)32(30)33(27)39)22(2)16-19-43-34(40)37-44(41,42)26-11-10-23-8-6-7-9-24(23)20-26/h10-11,20,22,25,27-33,38-39H,5-9,12-19,21H2,1-4H3,(H,37,40)/t22-,25-,27-,28-,29+,30+,31+,32+,33-,35-,36-/m1/s1. The smallest absolute Gasteiger partial charge is 0.421 e. The molecule has 6 rings (SSSR count). The van der Waals surface area contributed by atoms with Gasteiger partial charge in [0.25, 0.3) is 10.0 Å². The van der Waals surface area contributed by atoms with Crippen LogP contribution in [0.4, 0.5) is 4.79 Å². The van der Waals surface area contributed by atoms with E-state index >= 15 is 0 Å². The summed E-state index contributed by atoms with van der Waals surface area (Å²) in [5.74, 6) is 2.74. The fraction of sp³-hybridized carbons (Fsp3) is 0.806. The Labute approximate surface area is 265 Å². The van der Waals surface area contributed by atoms with Crippen molar-refractivity contribution < 1.29 is 28.2 Å². The summed E-state index contributed by atoms with van der Waals surface area (Å²) in [5.41, 5.74) is 2.57. The van der Waals surface area contributed by atoms with E-state index in [2.05, 4.69) is 32.4 Å². The summed E-state index contributed by atoms with van der Waals surface area (Å²) in [6.45, 7) is 9.57. The molecule has 0 aliphatic heterocycles. The molecule has 246 valence electrons. The lowest BCUT2D eigenvalue weighted by Crippen LogP contribution is -2.62. The summed E-state index contributed by atoms with van der Waals surface area (Å²) in [7, 11) is -3.99. The lowest BCUT2D eigenvalue weighted by molar-refractivity contribution is -0.203. The maximum atomic E-state index is 12.9. The summed E-state index contributed by atoms with van der Waals surface area (Å²) in [6.07, 6.45) is 11.5. The van der Waals surface area contributed by atoms with Crippen molar-refractivity contribution in [1.82, 2.24) is 4.72 Å². The maximum Gasteiger partial charge on any atom is 0.421 e. The molecule has 8 heteroatoms. The number of aliphatic hydroxyl groups is 2. The highest BCUT2D eigenvalue weighted by Crippen LogP contribution is 2.69. The Kier molecular flexibility index (Phi) is 8.95. The number of fused-ring (bicyclic) bond motifs is 6. The third kappa shape index (κ3) is 5.53. The maximum absolute atomic E-state index is 12.9. The highest BCUT2D eigenvalue weighted by molar-refractivity contribution is 7.90. The molecule has 1 aromatic rings. The van der Waals surface area contributed by atoms with Crippen molar-refractivity contribution in [2.75, 3.05) is 6.61 Å². The lowest BCUT2D eigenvalue weighted by atomic mass is 9.41. The fourth-order valence-electron chi connectivity index (χ4n) is 11.5. The predicted octanol–water partition coefficient (Wildman–Crippen LogP) is 6.63. The van der Waals surface area contributed by atoms with Crippen LogP contribution >= 0.6 is 0 Å². The Morgan fingerprint density at radius 2 is 1.70 bits per heavy atom. The van der Waals surface area contributed by atoms with E-state index in [1.807, 2.05) is 6.07 Å². The highest BCUT2D eigenvalue weighted by Gasteiger charge is 2.64. The second kappa shape index (κ2) is 12.2. The van der Waals surface area contributed by atoms with E-state index in [1.54, 1.807) is 12.1 Å². The first kappa shape index (κ1) is 32.3. The van der Waals surface area contributed by atoms with Crippen molar-refractivity contribution in [2.45, 2.75) is 128 Å². The average Bonchev–Trinajstić information content (AvgIpc) is 3.35. The van der Waals surface area contributed by atoms with Crippen molar-refractivity contribution in [3.8, 4) is 0 Å². The molecule has 44 heavy (non-hydrogen) atoms. The zero-order valence-electron chi connectivity index (χ0n) is 27.3. The zero-order chi connectivity index (χ0) is 31.4. The van der Waals surface area contributed by atoms with Crippen LogP contribution < -0.4 is 4.72 Å². The molecule has 0 radical (unpaired) electrons. The number of rotatable bonds is 7. The van der Waals surface area contributed by atoms with Crippen molar-refractivity contribution in [2.24, 2.45) is 52.3 Å². The van der Waals surface area contributed by atoms with E-state index < -0.39 is 16.1 Å². The average molecular weight is 630 g/mol. The van der Waals surface area contributed by atoms with Crippen LogP contribution in [0.15, 0.2) is 23.1 Å². The first-order valence-corrected chi connectivity index (χ1v) is 19.0. The van der Waals surface area contributed by atoms with Crippen LogP contribution in [0.25, 0.3) is 0 Å². The van der Waals surface area contributed by atoms with Crippen LogP contribution in [-0.4, -0.2) is 43.5 Å². The molecule has 0 aromatic heterocycles. The molecule has 0 bridgehead atoms. The van der Waals surface area contributed by atoms with Crippen LogP contribution in [0.2, 0.25) is 0 Å². The number of hydrogen-bond donors (Lipinski definition) is 3. The van der Waals surface area contributed by atoms with E-state index in [0.717, 1.165) is 82.6 Å². The van der Waals surface area contributed by atoms with Gasteiger partial charge in [-0.05, 0) is 153 Å². The molecule has 5 aliphatic rings. The summed E-state index contributed by atoms with van der Waals surface area (Å²) in [5, 5.41) is 22.5. The van der Waals surface area contributed by atoms with E-state index in [0.29, 0.717) is 41.9 Å². The van der Waals surface area contributed by atoms with Crippen molar-refractivity contribution in [1.29, 1.82) is 0 Å². The molecule has 0 saturated heterocycles. The number of benzene rings is 1. The van der Waals surface area contributed by atoms with E-state index in [4.69, 9.17) is 4.74 Å². The molecule has 0 unspecified atom stereocenters. The van der Waals surface area contributed by atoms with Crippen molar-refractivity contribution in [3.05, 3.63) is 29.3 Å². The van der Waals surface area contributed by atoms with E-state index in [-0.39, 0.29) is 40.5 Å². The molecule has 1 aromatic carbocycles. The first-order valence-electron chi connectivity index (χ1n) is 17.6. The van der Waals surface area contributed by atoms with Gasteiger partial charge < -0.3 is 14.9 Å². The number of nitrogens with one attached hydrogen (secondary N) is 1. The third-order valence-corrected chi connectivity index (χ3v) is 15.1. The molecule has 4 saturated carbocycles. The molecular formula is C36H55NO6S. The largest absolute Gasteiger partial charge is 0.449 e. The monoisotopic (exact) mass is 629 g/mol. The fourth-order valence-corrected chi connectivity index (χ4v) is 12.5. The van der Waals surface area contributed by atoms with Gasteiger partial charge in [0.15, 0.2) is 0 Å². The molecule has 7 nitrogen and oxygen atoms in total. The molecular weight excluding hydrogens is 574 g/mol. The Morgan fingerprint density at radius 1 is 1.00 bits per heavy atom. The summed E-state index contributed by atoms with van der Waals surface area (Å²) >= 11 is 0. The highest BCUT2D eigenvalue weighted by atomic mass is 32.2. The Hall–Kier alpha value is -1.64. The summed E-state index contributed by atoms with van der Waals surface area (Å²) < 4.78 is 33.4. The summed E-state index contributed by atoms with van der Waals surface area (Å²) in [6, 6.07) is 5.14. The second-order valence-electron chi connectivity index (χ2n) is 15.8. The number of amides is 1. The number of aryl methyl sites for hydroxylation is 2. The zero-order valence-corrected chi connectivity index (χ0v) is 28.1. The minimum atomic E-state index is -3.99. The first-order chi connectivity index (χ1) is 20.9. The minimum absolute atomic E-state index is 0.115. The van der Waals surface area contributed by atoms with E-state index in [1.165, 1.54) is 5.56 Å².